The molecule has 0 saturated carbocycles. The number of carbonyl (C=O) groups excluding carboxylic acids is 1. The smallest absolute Gasteiger partial charge is 0.303 e. The highest BCUT2D eigenvalue weighted by Crippen LogP contribution is 2.15. The highest BCUT2D eigenvalue weighted by Gasteiger charge is 2.17. The molecule has 7 heteroatoms. The zero-order valence-corrected chi connectivity index (χ0v) is 12.6. The molecule has 0 bridgehead atoms. The number of nitrogens with two attached hydrogens (primary N) is 1. The average molecular weight is 299 g/mol. The lowest BCUT2D eigenvalue weighted by molar-refractivity contribution is -0.138. The van der Waals surface area contributed by atoms with Crippen molar-refractivity contribution in [2.24, 2.45) is 17.6 Å². The fraction of sp³-hybridized carbons (Fsp3) is 0.615. The van der Waals surface area contributed by atoms with Gasteiger partial charge in [0.15, 0.2) is 0 Å². The molecule has 1 amide bonds. The van der Waals surface area contributed by atoms with Crippen molar-refractivity contribution in [1.82, 2.24) is 10.3 Å². The van der Waals surface area contributed by atoms with Gasteiger partial charge in [-0.2, -0.15) is 0 Å². The molecule has 0 spiro atoms. The van der Waals surface area contributed by atoms with Crippen molar-refractivity contribution in [3.8, 4) is 0 Å². The molecule has 0 aliphatic heterocycles. The van der Waals surface area contributed by atoms with E-state index in [2.05, 4.69) is 10.3 Å². The summed E-state index contributed by atoms with van der Waals surface area (Å²) >= 11 is 1.34. The van der Waals surface area contributed by atoms with E-state index in [1.807, 2.05) is 13.8 Å². The predicted molar refractivity (Wildman–Crippen MR) is 77.5 cm³/mol. The van der Waals surface area contributed by atoms with E-state index < -0.39 is 5.97 Å². The molecule has 4 N–H and O–H groups in total. The van der Waals surface area contributed by atoms with Gasteiger partial charge in [-0.15, -0.1) is 11.3 Å². The van der Waals surface area contributed by atoms with E-state index in [0.717, 1.165) is 6.42 Å². The molecule has 0 radical (unpaired) electrons. The van der Waals surface area contributed by atoms with Crippen molar-refractivity contribution < 1.29 is 14.7 Å². The summed E-state index contributed by atoms with van der Waals surface area (Å²) in [7, 11) is 0. The maximum absolute atomic E-state index is 11.9. The first kappa shape index (κ1) is 16.6. The molecule has 0 aliphatic carbocycles. The number of thiazole rings is 1. The number of nitrogens with one attached hydrogen (secondary N) is 1. The summed E-state index contributed by atoms with van der Waals surface area (Å²) in [5.74, 6) is -0.799. The van der Waals surface area contributed by atoms with E-state index >= 15 is 0 Å². The predicted octanol–water partition coefficient (Wildman–Crippen LogP) is 1.47. The highest BCUT2D eigenvalue weighted by molar-refractivity contribution is 7.09. The molecule has 0 aliphatic rings. The second kappa shape index (κ2) is 7.96. The van der Waals surface area contributed by atoms with E-state index in [1.165, 1.54) is 11.3 Å². The summed E-state index contributed by atoms with van der Waals surface area (Å²) in [5, 5.41) is 14.0. The lowest BCUT2D eigenvalue weighted by atomic mass is 9.94. The number of aliphatic carboxylic acids is 1. The van der Waals surface area contributed by atoms with Crippen molar-refractivity contribution in [3.63, 3.8) is 0 Å². The number of hydrogen-bond acceptors (Lipinski definition) is 5. The van der Waals surface area contributed by atoms with Crippen LogP contribution in [0.15, 0.2) is 5.38 Å². The summed E-state index contributed by atoms with van der Waals surface area (Å²) < 4.78 is 0. The van der Waals surface area contributed by atoms with Gasteiger partial charge in [0.25, 0.3) is 5.91 Å². The maximum Gasteiger partial charge on any atom is 0.303 e. The Hall–Kier alpha value is -1.47. The van der Waals surface area contributed by atoms with Gasteiger partial charge in [0.2, 0.25) is 0 Å². The SMILES string of the molecule is CC(C)CC(CNC(=O)c1csc(CN)n1)CC(=O)O. The number of carbonyl (C=O) groups is 2. The van der Waals surface area contributed by atoms with Gasteiger partial charge in [0.1, 0.15) is 10.7 Å². The van der Waals surface area contributed by atoms with Crippen LogP contribution >= 0.6 is 11.3 Å². The van der Waals surface area contributed by atoms with Crippen LogP contribution in [0.3, 0.4) is 0 Å². The summed E-state index contributed by atoms with van der Waals surface area (Å²) in [6.45, 7) is 4.72. The highest BCUT2D eigenvalue weighted by atomic mass is 32.1. The Kier molecular flexibility index (Phi) is 6.60. The lowest BCUT2D eigenvalue weighted by Gasteiger charge is -2.17. The van der Waals surface area contributed by atoms with Gasteiger partial charge >= 0.3 is 5.97 Å². The molecule has 1 rings (SSSR count). The quantitative estimate of drug-likeness (QED) is 0.674. The first-order chi connectivity index (χ1) is 9.42. The average Bonchev–Trinajstić information content (AvgIpc) is 2.83. The van der Waals surface area contributed by atoms with Crippen LogP contribution in [0.25, 0.3) is 0 Å². The van der Waals surface area contributed by atoms with Gasteiger partial charge in [0, 0.05) is 24.9 Å². The van der Waals surface area contributed by atoms with Gasteiger partial charge in [-0.3, -0.25) is 9.59 Å². The Morgan fingerprint density at radius 1 is 1.50 bits per heavy atom. The Labute approximate surface area is 122 Å². The Morgan fingerprint density at radius 2 is 2.20 bits per heavy atom. The number of hydrogen-bond donors (Lipinski definition) is 3. The van der Waals surface area contributed by atoms with Gasteiger partial charge < -0.3 is 16.2 Å². The summed E-state index contributed by atoms with van der Waals surface area (Å²) in [6, 6.07) is 0. The Bertz CT molecular complexity index is 459. The van der Waals surface area contributed by atoms with Crippen LogP contribution < -0.4 is 11.1 Å². The van der Waals surface area contributed by atoms with Crippen molar-refractivity contribution >= 4 is 23.2 Å². The Balaban J connectivity index is 2.52. The first-order valence-corrected chi connectivity index (χ1v) is 7.44. The normalized spacial score (nSPS) is 12.4. The van der Waals surface area contributed by atoms with Crippen LogP contribution in [-0.4, -0.2) is 28.5 Å². The molecule has 20 heavy (non-hydrogen) atoms. The molecule has 1 aromatic rings. The van der Waals surface area contributed by atoms with E-state index in [1.54, 1.807) is 5.38 Å². The topological polar surface area (TPSA) is 105 Å². The van der Waals surface area contributed by atoms with Gasteiger partial charge in [0.05, 0.1) is 0 Å². The minimum atomic E-state index is -0.844. The second-order valence-electron chi connectivity index (χ2n) is 5.13. The number of carboxylic acids is 1. The van der Waals surface area contributed by atoms with E-state index in [-0.39, 0.29) is 18.2 Å². The molecule has 1 heterocycles. The van der Waals surface area contributed by atoms with Crippen LogP contribution in [0, 0.1) is 11.8 Å². The molecular weight excluding hydrogens is 278 g/mol. The van der Waals surface area contributed by atoms with Crippen LogP contribution in [0.1, 0.15) is 42.2 Å². The number of rotatable bonds is 8. The van der Waals surface area contributed by atoms with Crippen molar-refractivity contribution in [2.75, 3.05) is 6.54 Å². The fourth-order valence-corrected chi connectivity index (χ4v) is 2.64. The monoisotopic (exact) mass is 299 g/mol. The molecule has 112 valence electrons. The fourth-order valence-electron chi connectivity index (χ4n) is 1.99. The zero-order valence-electron chi connectivity index (χ0n) is 11.8. The minimum absolute atomic E-state index is 0.0591. The largest absolute Gasteiger partial charge is 0.481 e. The molecule has 1 aromatic heterocycles. The molecule has 0 saturated heterocycles. The summed E-state index contributed by atoms with van der Waals surface area (Å²) in [5.41, 5.74) is 5.79. The van der Waals surface area contributed by atoms with E-state index in [9.17, 15) is 9.59 Å². The molecule has 6 nitrogen and oxygen atoms in total. The molecule has 1 unspecified atom stereocenters. The van der Waals surface area contributed by atoms with E-state index in [0.29, 0.717) is 29.7 Å². The molecule has 0 aromatic carbocycles. The molecule has 1 atom stereocenters. The van der Waals surface area contributed by atoms with E-state index in [4.69, 9.17) is 10.8 Å². The van der Waals surface area contributed by atoms with Gasteiger partial charge in [-0.1, -0.05) is 13.8 Å². The standard InChI is InChI=1S/C13H21N3O3S/c1-8(2)3-9(4-12(17)18)6-15-13(19)10-7-20-11(5-14)16-10/h7-9H,3-6,14H2,1-2H3,(H,15,19)(H,17,18). The number of amides is 1. The number of carboxylic acid groups (broad SMARTS) is 1. The first-order valence-electron chi connectivity index (χ1n) is 6.56. The van der Waals surface area contributed by atoms with Crippen LogP contribution in [0.5, 0.6) is 0 Å². The zero-order chi connectivity index (χ0) is 15.1. The third kappa shape index (κ3) is 5.66. The van der Waals surface area contributed by atoms with Crippen LogP contribution in [-0.2, 0) is 11.3 Å². The third-order valence-corrected chi connectivity index (χ3v) is 3.65. The minimum Gasteiger partial charge on any atom is -0.481 e. The molecular formula is C13H21N3O3S. The Morgan fingerprint density at radius 3 is 2.70 bits per heavy atom. The van der Waals surface area contributed by atoms with Crippen LogP contribution in [0.4, 0.5) is 0 Å². The maximum atomic E-state index is 11.9. The van der Waals surface area contributed by atoms with Gasteiger partial charge in [-0.05, 0) is 18.3 Å². The third-order valence-electron chi connectivity index (χ3n) is 2.78. The molecule has 0 fully saturated rings. The van der Waals surface area contributed by atoms with Crippen molar-refractivity contribution in [3.05, 3.63) is 16.1 Å². The summed E-state index contributed by atoms with van der Waals surface area (Å²) in [4.78, 5) is 26.8. The van der Waals surface area contributed by atoms with Crippen molar-refractivity contribution in [1.29, 1.82) is 0 Å². The number of aromatic nitrogens is 1. The van der Waals surface area contributed by atoms with Crippen molar-refractivity contribution in [2.45, 2.75) is 33.2 Å². The number of nitrogens with zero attached hydrogens (tertiary/aromatic N) is 1. The van der Waals surface area contributed by atoms with Crippen LogP contribution in [0.2, 0.25) is 0 Å². The van der Waals surface area contributed by atoms with Gasteiger partial charge in [-0.25, -0.2) is 4.98 Å². The second-order valence-corrected chi connectivity index (χ2v) is 6.08. The lowest BCUT2D eigenvalue weighted by Crippen LogP contribution is -2.31. The summed E-state index contributed by atoms with van der Waals surface area (Å²) in [6.07, 6.45) is 0.821.